The topological polar surface area (TPSA) is 26.3 Å². The van der Waals surface area contributed by atoms with Gasteiger partial charge in [0.1, 0.15) is 0 Å². The maximum absolute atomic E-state index is 10.9. The number of methoxy groups -OCH3 is 1. The Labute approximate surface area is 155 Å². The van der Waals surface area contributed by atoms with Crippen LogP contribution in [0, 0.1) is 0 Å². The number of ether oxygens (including phenoxy) is 1. The van der Waals surface area contributed by atoms with Gasteiger partial charge in [-0.25, -0.2) is 0 Å². The maximum atomic E-state index is 10.9. The minimum atomic E-state index is -0.0651. The van der Waals surface area contributed by atoms with Crippen molar-refractivity contribution < 1.29 is 9.53 Å². The van der Waals surface area contributed by atoms with Crippen LogP contribution >= 0.6 is 0 Å². The largest absolute Gasteiger partial charge is 0.469 e. The van der Waals surface area contributed by atoms with Gasteiger partial charge >= 0.3 is 29.0 Å². The Morgan fingerprint density at radius 1 is 0.636 bits per heavy atom. The Morgan fingerprint density at radius 3 is 1.27 bits per heavy atom. The highest BCUT2D eigenvalue weighted by molar-refractivity contribution is 5.75. The summed E-state index contributed by atoms with van der Waals surface area (Å²) in [6.07, 6.45) is 20.9. The second-order valence-electron chi connectivity index (χ2n) is 6.28. The molecule has 0 saturated heterocycles. The van der Waals surface area contributed by atoms with E-state index in [9.17, 15) is 4.79 Å². The minimum absolute atomic E-state index is 0. The molecule has 130 valence electrons. The van der Waals surface area contributed by atoms with Gasteiger partial charge in [-0.05, 0) is 6.42 Å². The van der Waals surface area contributed by atoms with Crippen molar-refractivity contribution in [3.05, 3.63) is 0 Å². The first-order chi connectivity index (χ1) is 10.3. The van der Waals surface area contributed by atoms with E-state index in [-0.39, 0.29) is 29.0 Å². The molecule has 0 aromatic rings. The van der Waals surface area contributed by atoms with E-state index in [4.69, 9.17) is 0 Å². The molecule has 0 saturated carbocycles. The van der Waals surface area contributed by atoms with Crippen LogP contribution in [0.5, 0.6) is 0 Å². The first-order valence-corrected chi connectivity index (χ1v) is 9.38. The van der Waals surface area contributed by atoms with Crippen LogP contribution in [0.25, 0.3) is 0 Å². The third-order valence-electron chi connectivity index (χ3n) is 4.21. The van der Waals surface area contributed by atoms with Crippen LogP contribution in [0.4, 0.5) is 0 Å². The fourth-order valence-corrected chi connectivity index (χ4v) is 2.74. The normalized spacial score (nSPS) is 10.3. The van der Waals surface area contributed by atoms with Crippen molar-refractivity contribution in [1.82, 2.24) is 0 Å². The van der Waals surface area contributed by atoms with E-state index in [0.717, 1.165) is 6.42 Å². The van der Waals surface area contributed by atoms with Crippen LogP contribution in [0.2, 0.25) is 0 Å². The van der Waals surface area contributed by atoms with Crippen LogP contribution in [-0.4, -0.2) is 36.1 Å². The zero-order valence-corrected chi connectivity index (χ0v) is 14.6. The minimum Gasteiger partial charge on any atom is -0.469 e. The molecule has 0 radical (unpaired) electrons. The Hall–Kier alpha value is 0.236. The number of rotatable bonds is 16. The van der Waals surface area contributed by atoms with E-state index in [0.29, 0.717) is 6.42 Å². The van der Waals surface area contributed by atoms with Crippen LogP contribution in [0.1, 0.15) is 110 Å². The number of hydrogen-bond donors (Lipinski definition) is 0. The van der Waals surface area contributed by atoms with Gasteiger partial charge in [0.2, 0.25) is 0 Å². The summed E-state index contributed by atoms with van der Waals surface area (Å²) >= 11 is 0. The molecule has 0 aliphatic carbocycles. The Balaban J connectivity index is 0. The van der Waals surface area contributed by atoms with Gasteiger partial charge in [-0.2, -0.15) is 0 Å². The summed E-state index contributed by atoms with van der Waals surface area (Å²) in [6, 6.07) is 0. The van der Waals surface area contributed by atoms with Crippen molar-refractivity contribution in [3.8, 4) is 0 Å². The first kappa shape index (κ1) is 24.5. The molecule has 0 aliphatic heterocycles. The van der Waals surface area contributed by atoms with Gasteiger partial charge in [0.15, 0.2) is 0 Å². The zero-order valence-electron chi connectivity index (χ0n) is 14.6. The Morgan fingerprint density at radius 2 is 0.955 bits per heavy atom. The molecule has 22 heavy (non-hydrogen) atoms. The second-order valence-corrected chi connectivity index (χ2v) is 6.28. The smallest absolute Gasteiger partial charge is 0.316 e. The number of hydrogen-bond acceptors (Lipinski definition) is 2. The lowest BCUT2D eigenvalue weighted by atomic mass is 10.0. The highest BCUT2D eigenvalue weighted by Crippen LogP contribution is 2.13. The van der Waals surface area contributed by atoms with Gasteiger partial charge in [-0.15, -0.1) is 0 Å². The standard InChI is InChI=1S/C19H38O2.Mg.2H/c1-3-4-5-6-7-8-9-10-11-12-13-14-15-16-17-18-19(20)21-2;;;/h3-18H2,1-2H3;;;. The van der Waals surface area contributed by atoms with Crippen LogP contribution in [0.15, 0.2) is 0 Å². The number of esters is 1. The lowest BCUT2D eigenvalue weighted by Gasteiger charge is -2.03. The molecule has 2 nitrogen and oxygen atoms in total. The van der Waals surface area contributed by atoms with Crippen molar-refractivity contribution >= 4 is 29.0 Å². The molecule has 3 heteroatoms. The van der Waals surface area contributed by atoms with Crippen molar-refractivity contribution in [2.24, 2.45) is 0 Å². The predicted octanol–water partition coefficient (Wildman–Crippen LogP) is 5.50. The SMILES string of the molecule is CCCCCCCCCCCCCCCCCC(=O)OC.[MgH2]. The molecular formula is C19H40MgO2. The number of unbranched alkanes of at least 4 members (excludes halogenated alkanes) is 14. The number of carbonyl (C=O) groups is 1. The lowest BCUT2D eigenvalue weighted by molar-refractivity contribution is -0.140. The molecule has 0 rings (SSSR count). The van der Waals surface area contributed by atoms with E-state index >= 15 is 0 Å². The molecule has 0 spiro atoms. The van der Waals surface area contributed by atoms with Crippen molar-refractivity contribution in [2.75, 3.05) is 7.11 Å². The van der Waals surface area contributed by atoms with Crippen LogP contribution < -0.4 is 0 Å². The average Bonchev–Trinajstić information content (AvgIpc) is 2.50. The van der Waals surface area contributed by atoms with Crippen molar-refractivity contribution in [3.63, 3.8) is 0 Å². The fraction of sp³-hybridized carbons (Fsp3) is 0.947. The summed E-state index contributed by atoms with van der Waals surface area (Å²) in [5.41, 5.74) is 0. The summed E-state index contributed by atoms with van der Waals surface area (Å²) in [5.74, 6) is -0.0651. The number of carbonyl (C=O) groups excluding carboxylic acids is 1. The zero-order chi connectivity index (χ0) is 15.6. The fourth-order valence-electron chi connectivity index (χ4n) is 2.74. The summed E-state index contributed by atoms with van der Waals surface area (Å²) in [7, 11) is 1.47. The third-order valence-corrected chi connectivity index (χ3v) is 4.21. The van der Waals surface area contributed by atoms with E-state index < -0.39 is 0 Å². The van der Waals surface area contributed by atoms with Gasteiger partial charge in [0.25, 0.3) is 0 Å². The third kappa shape index (κ3) is 20.2. The molecular weight excluding hydrogens is 285 g/mol. The summed E-state index contributed by atoms with van der Waals surface area (Å²) in [5, 5.41) is 0. The van der Waals surface area contributed by atoms with Gasteiger partial charge in [0, 0.05) is 6.42 Å². The van der Waals surface area contributed by atoms with Gasteiger partial charge in [-0.1, -0.05) is 96.8 Å². The molecule has 0 unspecified atom stereocenters. The Kier molecular flexibility index (Phi) is 23.6. The van der Waals surface area contributed by atoms with Gasteiger partial charge in [0.05, 0.1) is 7.11 Å². The van der Waals surface area contributed by atoms with Crippen molar-refractivity contribution in [1.29, 1.82) is 0 Å². The molecule has 0 aliphatic rings. The van der Waals surface area contributed by atoms with Crippen molar-refractivity contribution in [2.45, 2.75) is 110 Å². The average molecular weight is 325 g/mol. The molecule has 0 bridgehead atoms. The van der Waals surface area contributed by atoms with Crippen LogP contribution in [0.3, 0.4) is 0 Å². The highest BCUT2D eigenvalue weighted by Gasteiger charge is 1.99. The molecule has 0 aromatic heterocycles. The molecule has 0 N–H and O–H groups in total. The summed E-state index contributed by atoms with van der Waals surface area (Å²) < 4.78 is 4.63. The van der Waals surface area contributed by atoms with Gasteiger partial charge < -0.3 is 4.74 Å². The monoisotopic (exact) mass is 324 g/mol. The molecule has 0 fully saturated rings. The lowest BCUT2D eigenvalue weighted by Crippen LogP contribution is -1.99. The van der Waals surface area contributed by atoms with E-state index in [1.165, 1.54) is 97.0 Å². The summed E-state index contributed by atoms with van der Waals surface area (Å²) in [6.45, 7) is 2.28. The second kappa shape index (κ2) is 21.2. The highest BCUT2D eigenvalue weighted by atomic mass is 24.3. The molecule has 0 heterocycles. The van der Waals surface area contributed by atoms with Gasteiger partial charge in [-0.3, -0.25) is 4.79 Å². The molecule has 0 aromatic carbocycles. The van der Waals surface area contributed by atoms with Crippen LogP contribution in [-0.2, 0) is 9.53 Å². The summed E-state index contributed by atoms with van der Waals surface area (Å²) in [4.78, 5) is 10.9. The Bertz CT molecular complexity index is 219. The van der Waals surface area contributed by atoms with E-state index in [1.54, 1.807) is 0 Å². The van der Waals surface area contributed by atoms with E-state index in [1.807, 2.05) is 0 Å². The maximum Gasteiger partial charge on any atom is 0.316 e. The molecule has 0 amide bonds. The molecule has 0 atom stereocenters. The first-order valence-electron chi connectivity index (χ1n) is 9.38. The van der Waals surface area contributed by atoms with E-state index in [2.05, 4.69) is 11.7 Å². The quantitative estimate of drug-likeness (QED) is 0.213. The predicted molar refractivity (Wildman–Crippen MR) is 100 cm³/mol.